The fourth-order valence-corrected chi connectivity index (χ4v) is 3.51. The molecule has 18 heavy (non-hydrogen) atoms. The molecule has 4 heteroatoms. The third-order valence-corrected chi connectivity index (χ3v) is 5.50. The third kappa shape index (κ3) is 1.94. The Morgan fingerprint density at radius 1 is 1.44 bits per heavy atom. The average molecular weight is 281 g/mol. The second kappa shape index (κ2) is 4.46. The number of halogens is 1. The lowest BCUT2D eigenvalue weighted by atomic mass is 10.2. The molecule has 0 unspecified atom stereocenters. The van der Waals surface area contributed by atoms with Crippen molar-refractivity contribution in [3.63, 3.8) is 0 Å². The highest BCUT2D eigenvalue weighted by Crippen LogP contribution is 2.49. The number of nitrogens with zero attached hydrogens (tertiary/aromatic N) is 2. The molecular formula is C14H17ClN2S. The lowest BCUT2D eigenvalue weighted by molar-refractivity contribution is 0.654. The Morgan fingerprint density at radius 2 is 2.22 bits per heavy atom. The second-order valence-electron chi connectivity index (χ2n) is 5.08. The first kappa shape index (κ1) is 12.4. The Kier molecular flexibility index (Phi) is 3.07. The summed E-state index contributed by atoms with van der Waals surface area (Å²) < 4.78 is 2.76. The molecule has 0 saturated heterocycles. The molecule has 0 amide bonds. The van der Waals surface area contributed by atoms with Crippen molar-refractivity contribution in [2.45, 2.75) is 36.9 Å². The van der Waals surface area contributed by atoms with Gasteiger partial charge in [-0.05, 0) is 37.7 Å². The van der Waals surface area contributed by atoms with Gasteiger partial charge in [-0.15, -0.1) is 11.6 Å². The van der Waals surface area contributed by atoms with Gasteiger partial charge in [0.1, 0.15) is 5.82 Å². The molecule has 1 fully saturated rings. The Morgan fingerprint density at radius 3 is 2.83 bits per heavy atom. The van der Waals surface area contributed by atoms with Crippen molar-refractivity contribution in [2.24, 2.45) is 0 Å². The zero-order valence-electron chi connectivity index (χ0n) is 10.7. The van der Waals surface area contributed by atoms with E-state index >= 15 is 0 Å². The van der Waals surface area contributed by atoms with Gasteiger partial charge in [0.05, 0.1) is 16.9 Å². The SMILES string of the molecule is CSC1(Cn2c(CCl)nc3cccc(C)c32)CC1. The molecule has 1 aliphatic rings. The number of hydrogen-bond acceptors (Lipinski definition) is 2. The third-order valence-electron chi connectivity index (χ3n) is 3.85. The van der Waals surface area contributed by atoms with Crippen LogP contribution in [0.1, 0.15) is 24.2 Å². The van der Waals surface area contributed by atoms with Crippen molar-refractivity contribution in [1.82, 2.24) is 9.55 Å². The van der Waals surface area contributed by atoms with Gasteiger partial charge in [-0.2, -0.15) is 11.8 Å². The average Bonchev–Trinajstić information content (AvgIpc) is 3.06. The highest BCUT2D eigenvalue weighted by Gasteiger charge is 2.42. The van der Waals surface area contributed by atoms with Crippen LogP contribution in [0.4, 0.5) is 0 Å². The van der Waals surface area contributed by atoms with Gasteiger partial charge in [-0.1, -0.05) is 12.1 Å². The molecule has 0 radical (unpaired) electrons. The van der Waals surface area contributed by atoms with Crippen molar-refractivity contribution < 1.29 is 0 Å². The van der Waals surface area contributed by atoms with Crippen LogP contribution in [0.15, 0.2) is 18.2 Å². The summed E-state index contributed by atoms with van der Waals surface area (Å²) in [7, 11) is 0. The van der Waals surface area contributed by atoms with E-state index in [0.29, 0.717) is 10.6 Å². The summed E-state index contributed by atoms with van der Waals surface area (Å²) in [5.41, 5.74) is 3.62. The van der Waals surface area contributed by atoms with Gasteiger partial charge in [-0.25, -0.2) is 4.98 Å². The van der Waals surface area contributed by atoms with Gasteiger partial charge >= 0.3 is 0 Å². The second-order valence-corrected chi connectivity index (χ2v) is 6.62. The van der Waals surface area contributed by atoms with E-state index in [1.807, 2.05) is 11.8 Å². The van der Waals surface area contributed by atoms with Crippen LogP contribution in [0.3, 0.4) is 0 Å². The number of para-hydroxylation sites is 1. The van der Waals surface area contributed by atoms with Crippen LogP contribution in [0.2, 0.25) is 0 Å². The molecule has 1 heterocycles. The molecule has 2 nitrogen and oxygen atoms in total. The predicted octanol–water partition coefficient (Wildman–Crippen LogP) is 3.98. The summed E-state index contributed by atoms with van der Waals surface area (Å²) in [6.07, 6.45) is 4.82. The lowest BCUT2D eigenvalue weighted by Crippen LogP contribution is -2.15. The normalized spacial score (nSPS) is 17.3. The molecule has 0 atom stereocenters. The van der Waals surface area contributed by atoms with Crippen LogP contribution in [0, 0.1) is 6.92 Å². The number of alkyl halides is 1. The predicted molar refractivity (Wildman–Crippen MR) is 79.5 cm³/mol. The minimum absolute atomic E-state index is 0.427. The number of imidazole rings is 1. The zero-order valence-corrected chi connectivity index (χ0v) is 12.3. The van der Waals surface area contributed by atoms with Crippen LogP contribution in [-0.4, -0.2) is 20.6 Å². The molecule has 0 spiro atoms. The van der Waals surface area contributed by atoms with Gasteiger partial charge in [0.15, 0.2) is 0 Å². The molecule has 0 aliphatic heterocycles. The van der Waals surface area contributed by atoms with Gasteiger partial charge in [0.2, 0.25) is 0 Å². The smallest absolute Gasteiger partial charge is 0.124 e. The van der Waals surface area contributed by atoms with Gasteiger partial charge < -0.3 is 4.57 Å². The number of fused-ring (bicyclic) bond motifs is 1. The summed E-state index contributed by atoms with van der Waals surface area (Å²) in [4.78, 5) is 4.66. The van der Waals surface area contributed by atoms with E-state index in [4.69, 9.17) is 11.6 Å². The number of aromatic nitrogens is 2. The first-order chi connectivity index (χ1) is 8.69. The number of rotatable bonds is 4. The van der Waals surface area contributed by atoms with E-state index in [1.54, 1.807) is 0 Å². The molecule has 0 bridgehead atoms. The molecular weight excluding hydrogens is 264 g/mol. The fourth-order valence-electron chi connectivity index (χ4n) is 2.54. The van der Waals surface area contributed by atoms with Gasteiger partial charge in [0.25, 0.3) is 0 Å². The molecule has 2 aromatic rings. The monoisotopic (exact) mass is 280 g/mol. The van der Waals surface area contributed by atoms with Crippen LogP contribution in [-0.2, 0) is 12.4 Å². The summed E-state index contributed by atoms with van der Waals surface area (Å²) in [5, 5.41) is 0. The van der Waals surface area contributed by atoms with E-state index in [-0.39, 0.29) is 0 Å². The van der Waals surface area contributed by atoms with E-state index in [2.05, 4.69) is 40.9 Å². The molecule has 96 valence electrons. The maximum atomic E-state index is 6.06. The van der Waals surface area contributed by atoms with Crippen molar-refractivity contribution in [3.8, 4) is 0 Å². The Bertz CT molecular complexity index is 587. The molecule has 1 saturated carbocycles. The van der Waals surface area contributed by atoms with Crippen molar-refractivity contribution in [2.75, 3.05) is 6.26 Å². The first-order valence-corrected chi connectivity index (χ1v) is 8.01. The first-order valence-electron chi connectivity index (χ1n) is 6.25. The quantitative estimate of drug-likeness (QED) is 0.789. The minimum atomic E-state index is 0.427. The van der Waals surface area contributed by atoms with E-state index in [1.165, 1.54) is 23.9 Å². The maximum absolute atomic E-state index is 6.06. The van der Waals surface area contributed by atoms with Crippen LogP contribution >= 0.6 is 23.4 Å². The fraction of sp³-hybridized carbons (Fsp3) is 0.500. The number of thioether (sulfide) groups is 1. The highest BCUT2D eigenvalue weighted by atomic mass is 35.5. The zero-order chi connectivity index (χ0) is 12.8. The van der Waals surface area contributed by atoms with Crippen LogP contribution < -0.4 is 0 Å². The number of hydrogen-bond donors (Lipinski definition) is 0. The molecule has 1 aromatic heterocycles. The maximum Gasteiger partial charge on any atom is 0.124 e. The van der Waals surface area contributed by atoms with E-state index < -0.39 is 0 Å². The van der Waals surface area contributed by atoms with Gasteiger partial charge in [-0.3, -0.25) is 0 Å². The van der Waals surface area contributed by atoms with Crippen LogP contribution in [0.5, 0.6) is 0 Å². The van der Waals surface area contributed by atoms with Crippen molar-refractivity contribution in [1.29, 1.82) is 0 Å². The summed E-state index contributed by atoms with van der Waals surface area (Å²) >= 11 is 8.04. The van der Waals surface area contributed by atoms with Crippen LogP contribution in [0.25, 0.3) is 11.0 Å². The Hall–Kier alpha value is -0.670. The molecule has 3 rings (SSSR count). The van der Waals surface area contributed by atoms with E-state index in [0.717, 1.165) is 17.9 Å². The lowest BCUT2D eigenvalue weighted by Gasteiger charge is -2.16. The summed E-state index contributed by atoms with van der Waals surface area (Å²) in [6, 6.07) is 6.29. The summed E-state index contributed by atoms with van der Waals surface area (Å²) in [5.74, 6) is 1.49. The van der Waals surface area contributed by atoms with Crippen molar-refractivity contribution >= 4 is 34.4 Å². The number of benzene rings is 1. The van der Waals surface area contributed by atoms with Crippen molar-refractivity contribution in [3.05, 3.63) is 29.6 Å². The Labute approximate surface area is 117 Å². The Balaban J connectivity index is 2.13. The standard InChI is InChI=1S/C14H17ClN2S/c1-10-4-3-5-11-13(10)17(12(8-15)16-11)9-14(18-2)6-7-14/h3-5H,6-9H2,1-2H3. The van der Waals surface area contributed by atoms with E-state index in [9.17, 15) is 0 Å². The molecule has 0 N–H and O–H groups in total. The van der Waals surface area contributed by atoms with Gasteiger partial charge in [0, 0.05) is 11.3 Å². The topological polar surface area (TPSA) is 17.8 Å². The largest absolute Gasteiger partial charge is 0.325 e. The summed E-state index contributed by atoms with van der Waals surface area (Å²) in [6.45, 7) is 3.19. The molecule has 1 aromatic carbocycles. The highest BCUT2D eigenvalue weighted by molar-refractivity contribution is 8.00. The molecule has 1 aliphatic carbocycles. The number of aryl methyl sites for hydroxylation is 1. The minimum Gasteiger partial charge on any atom is -0.325 e.